The van der Waals surface area contributed by atoms with Crippen LogP contribution >= 0.6 is 0 Å². The van der Waals surface area contributed by atoms with E-state index in [-0.39, 0.29) is 11.9 Å². The van der Waals surface area contributed by atoms with Crippen LogP contribution in [0, 0.1) is 5.92 Å². The summed E-state index contributed by atoms with van der Waals surface area (Å²) in [6, 6.07) is 0.301. The fourth-order valence-corrected chi connectivity index (χ4v) is 3.48. The first-order valence-corrected chi connectivity index (χ1v) is 7.53. The smallest absolute Gasteiger partial charge is 0.239 e. The Labute approximate surface area is 115 Å². The van der Waals surface area contributed by atoms with Gasteiger partial charge in [-0.25, -0.2) is 0 Å². The lowest BCUT2D eigenvalue weighted by molar-refractivity contribution is -0.135. The Hall–Kier alpha value is -0.650. The highest BCUT2D eigenvalue weighted by Crippen LogP contribution is 2.29. The molecule has 1 heterocycles. The van der Waals surface area contributed by atoms with Crippen LogP contribution in [0.2, 0.25) is 0 Å². The third-order valence-corrected chi connectivity index (χ3v) is 4.57. The largest absolute Gasteiger partial charge is 0.378 e. The number of carbonyl (C=O) groups excluding carboxylic acids is 1. The number of hydrogen-bond donors (Lipinski definition) is 2. The normalized spacial score (nSPS) is 33.7. The molecule has 2 fully saturated rings. The summed E-state index contributed by atoms with van der Waals surface area (Å²) in [5, 5.41) is 2.76. The summed E-state index contributed by atoms with van der Waals surface area (Å²) in [5.41, 5.74) is 5.97. The van der Waals surface area contributed by atoms with Crippen LogP contribution < -0.4 is 11.1 Å². The number of nitrogens with one attached hydrogen (secondary N) is 1. The van der Waals surface area contributed by atoms with Crippen molar-refractivity contribution in [3.8, 4) is 0 Å². The first kappa shape index (κ1) is 14.8. The molecule has 3 N–H and O–H groups in total. The van der Waals surface area contributed by atoms with E-state index in [2.05, 4.69) is 10.2 Å². The van der Waals surface area contributed by atoms with E-state index in [1.54, 1.807) is 7.05 Å². The van der Waals surface area contributed by atoms with E-state index in [4.69, 9.17) is 10.5 Å². The van der Waals surface area contributed by atoms with E-state index >= 15 is 0 Å². The molecule has 0 aromatic carbocycles. The molecule has 3 atom stereocenters. The molecule has 5 heteroatoms. The third kappa shape index (κ3) is 3.46. The number of ether oxygens (including phenoxy) is 1. The Morgan fingerprint density at radius 1 is 1.37 bits per heavy atom. The first-order valence-electron chi connectivity index (χ1n) is 7.53. The summed E-state index contributed by atoms with van der Waals surface area (Å²) in [5.74, 6) is 0.590. The molecular formula is C14H27N3O2. The Bertz CT molecular complexity index is 298. The van der Waals surface area contributed by atoms with Gasteiger partial charge in [-0.2, -0.15) is 0 Å². The van der Waals surface area contributed by atoms with Gasteiger partial charge in [0, 0.05) is 19.6 Å². The Morgan fingerprint density at radius 2 is 2.16 bits per heavy atom. The van der Waals surface area contributed by atoms with Crippen LogP contribution in [0.15, 0.2) is 0 Å². The van der Waals surface area contributed by atoms with Gasteiger partial charge in [-0.05, 0) is 25.3 Å². The lowest BCUT2D eigenvalue weighted by Crippen LogP contribution is -2.58. The number of morpholine rings is 1. The van der Waals surface area contributed by atoms with Gasteiger partial charge in [0.2, 0.25) is 5.91 Å². The number of carbonyl (C=O) groups is 1. The molecule has 1 amide bonds. The van der Waals surface area contributed by atoms with Crippen LogP contribution in [0.4, 0.5) is 0 Å². The minimum absolute atomic E-state index is 0.0692. The molecule has 0 spiro atoms. The predicted octanol–water partition coefficient (Wildman–Crippen LogP) is 0.341. The zero-order valence-corrected chi connectivity index (χ0v) is 11.9. The molecule has 110 valence electrons. The van der Waals surface area contributed by atoms with E-state index in [0.717, 1.165) is 26.1 Å². The molecule has 2 rings (SSSR count). The molecule has 1 aliphatic heterocycles. The van der Waals surface area contributed by atoms with Crippen LogP contribution in [0.1, 0.15) is 32.1 Å². The van der Waals surface area contributed by atoms with Gasteiger partial charge in [0.15, 0.2) is 0 Å². The van der Waals surface area contributed by atoms with Crippen molar-refractivity contribution in [3.63, 3.8) is 0 Å². The average Bonchev–Trinajstić information content (AvgIpc) is 2.71. The molecular weight excluding hydrogens is 242 g/mol. The van der Waals surface area contributed by atoms with Gasteiger partial charge < -0.3 is 15.8 Å². The van der Waals surface area contributed by atoms with Crippen molar-refractivity contribution in [2.75, 3.05) is 33.4 Å². The number of hydrogen-bond acceptors (Lipinski definition) is 4. The highest BCUT2D eigenvalue weighted by molar-refractivity contribution is 5.81. The van der Waals surface area contributed by atoms with E-state index in [1.807, 2.05) is 0 Å². The van der Waals surface area contributed by atoms with Crippen LogP contribution in [0.3, 0.4) is 0 Å². The van der Waals surface area contributed by atoms with Crippen LogP contribution in [-0.4, -0.2) is 56.2 Å². The molecule has 19 heavy (non-hydrogen) atoms. The Morgan fingerprint density at radius 3 is 2.89 bits per heavy atom. The summed E-state index contributed by atoms with van der Waals surface area (Å²) in [6.07, 6.45) is 6.17. The minimum atomic E-state index is -0.143. The van der Waals surface area contributed by atoms with Gasteiger partial charge >= 0.3 is 0 Å². The van der Waals surface area contributed by atoms with Crippen molar-refractivity contribution >= 4 is 5.91 Å². The summed E-state index contributed by atoms with van der Waals surface area (Å²) >= 11 is 0. The molecule has 1 saturated heterocycles. The average molecular weight is 269 g/mol. The summed E-state index contributed by atoms with van der Waals surface area (Å²) in [6.45, 7) is 2.80. The zero-order chi connectivity index (χ0) is 13.7. The highest BCUT2D eigenvalue weighted by Gasteiger charge is 2.37. The molecule has 0 radical (unpaired) electrons. The van der Waals surface area contributed by atoms with Crippen molar-refractivity contribution in [2.24, 2.45) is 11.7 Å². The second-order valence-electron chi connectivity index (χ2n) is 5.64. The van der Waals surface area contributed by atoms with Crippen LogP contribution in [-0.2, 0) is 9.53 Å². The maximum Gasteiger partial charge on any atom is 0.239 e. The lowest BCUT2D eigenvalue weighted by atomic mass is 9.91. The Balaban J connectivity index is 2.12. The van der Waals surface area contributed by atoms with Crippen molar-refractivity contribution in [3.05, 3.63) is 0 Å². The second kappa shape index (κ2) is 7.22. The fourth-order valence-electron chi connectivity index (χ4n) is 3.48. The van der Waals surface area contributed by atoms with Crippen LogP contribution in [0.5, 0.6) is 0 Å². The van der Waals surface area contributed by atoms with Gasteiger partial charge in [0.05, 0.1) is 13.2 Å². The molecule has 0 aromatic rings. The fraction of sp³-hybridized carbons (Fsp3) is 0.929. The van der Waals surface area contributed by atoms with Crippen molar-refractivity contribution in [1.29, 1.82) is 0 Å². The maximum absolute atomic E-state index is 12.0. The van der Waals surface area contributed by atoms with E-state index in [1.165, 1.54) is 25.7 Å². The van der Waals surface area contributed by atoms with Gasteiger partial charge in [-0.15, -0.1) is 0 Å². The molecule has 5 nitrogen and oxygen atoms in total. The highest BCUT2D eigenvalue weighted by atomic mass is 16.5. The molecule has 0 bridgehead atoms. The SMILES string of the molecule is CNC(=O)C1COCCN1C1CCCCCC1CN. The number of likely N-dealkylation sites (N-methyl/N-ethyl adjacent to an activating group) is 1. The van der Waals surface area contributed by atoms with Gasteiger partial charge in [-0.1, -0.05) is 19.3 Å². The van der Waals surface area contributed by atoms with Gasteiger partial charge in [0.25, 0.3) is 0 Å². The van der Waals surface area contributed by atoms with Crippen LogP contribution in [0.25, 0.3) is 0 Å². The monoisotopic (exact) mass is 269 g/mol. The molecule has 3 unspecified atom stereocenters. The quantitative estimate of drug-likeness (QED) is 0.725. The number of nitrogens with zero attached hydrogens (tertiary/aromatic N) is 1. The maximum atomic E-state index is 12.0. The number of nitrogens with two attached hydrogens (primary N) is 1. The molecule has 2 aliphatic rings. The Kier molecular flexibility index (Phi) is 5.60. The summed E-state index contributed by atoms with van der Waals surface area (Å²) < 4.78 is 5.49. The van der Waals surface area contributed by atoms with E-state index < -0.39 is 0 Å². The number of rotatable bonds is 3. The standard InChI is InChI=1S/C14H27N3O2/c1-16-14(18)13-10-19-8-7-17(13)12-6-4-2-3-5-11(12)9-15/h11-13H,2-10,15H2,1H3,(H,16,18). The van der Waals surface area contributed by atoms with Gasteiger partial charge in [0.1, 0.15) is 6.04 Å². The molecule has 1 saturated carbocycles. The van der Waals surface area contributed by atoms with E-state index in [0.29, 0.717) is 18.6 Å². The molecule has 0 aromatic heterocycles. The zero-order valence-electron chi connectivity index (χ0n) is 11.9. The second-order valence-corrected chi connectivity index (χ2v) is 5.64. The minimum Gasteiger partial charge on any atom is -0.378 e. The summed E-state index contributed by atoms with van der Waals surface area (Å²) in [4.78, 5) is 14.4. The van der Waals surface area contributed by atoms with E-state index in [9.17, 15) is 4.79 Å². The van der Waals surface area contributed by atoms with Crippen molar-refractivity contribution < 1.29 is 9.53 Å². The van der Waals surface area contributed by atoms with Crippen molar-refractivity contribution in [1.82, 2.24) is 10.2 Å². The summed E-state index contributed by atoms with van der Waals surface area (Å²) in [7, 11) is 1.70. The predicted molar refractivity (Wildman–Crippen MR) is 74.8 cm³/mol. The van der Waals surface area contributed by atoms with Gasteiger partial charge in [-0.3, -0.25) is 9.69 Å². The first-order chi connectivity index (χ1) is 9.27. The molecule has 1 aliphatic carbocycles. The topological polar surface area (TPSA) is 67.6 Å². The third-order valence-electron chi connectivity index (χ3n) is 4.57. The van der Waals surface area contributed by atoms with Crippen molar-refractivity contribution in [2.45, 2.75) is 44.2 Å². The lowest BCUT2D eigenvalue weighted by Gasteiger charge is -2.42. The number of amides is 1.